The van der Waals surface area contributed by atoms with Gasteiger partial charge < -0.3 is 14.7 Å². The van der Waals surface area contributed by atoms with Gasteiger partial charge in [0.05, 0.1) is 24.3 Å². The van der Waals surface area contributed by atoms with Crippen molar-refractivity contribution in [1.29, 1.82) is 0 Å². The van der Waals surface area contributed by atoms with Crippen LogP contribution in [0.2, 0.25) is 0 Å². The summed E-state index contributed by atoms with van der Waals surface area (Å²) in [6, 6.07) is 14.9. The molecule has 190 valence electrons. The molecule has 1 aliphatic heterocycles. The number of carbonyl (C=O) groups excluding carboxylic acids is 1. The van der Waals surface area contributed by atoms with E-state index < -0.39 is 5.97 Å². The molecule has 0 saturated heterocycles. The minimum Gasteiger partial charge on any atom is -0.501 e. The number of unbranched alkanes of at least 4 members (excludes halogenated alkanes) is 1. The normalized spacial score (nSPS) is 13.8. The summed E-state index contributed by atoms with van der Waals surface area (Å²) in [6.07, 6.45) is 10.5. The van der Waals surface area contributed by atoms with Gasteiger partial charge in [-0.25, -0.2) is 9.78 Å². The number of rotatable bonds is 8. The summed E-state index contributed by atoms with van der Waals surface area (Å²) in [6.45, 7) is 4.44. The minimum atomic E-state index is -0.933. The quantitative estimate of drug-likeness (QED) is 0.259. The predicted octanol–water partition coefficient (Wildman–Crippen LogP) is 7.00. The van der Waals surface area contributed by atoms with Gasteiger partial charge >= 0.3 is 5.97 Å². The van der Waals surface area contributed by atoms with E-state index in [1.165, 1.54) is 11.3 Å². The highest BCUT2D eigenvalue weighted by Gasteiger charge is 2.28. The summed E-state index contributed by atoms with van der Waals surface area (Å²) in [7, 11) is 1.63. The Hall–Kier alpha value is -3.97. The molecule has 0 unspecified atom stereocenters. The number of nitrogens with zero attached hydrogens (tertiary/aromatic N) is 2. The number of pyridine rings is 1. The number of carbonyl (C=O) groups is 2. The summed E-state index contributed by atoms with van der Waals surface area (Å²) in [5, 5.41) is 9.48. The van der Waals surface area contributed by atoms with E-state index in [2.05, 4.69) is 13.0 Å². The second-order valence-electron chi connectivity index (χ2n) is 8.70. The number of methoxy groups -OCH3 is 1. The number of carboxylic acids is 1. The zero-order chi connectivity index (χ0) is 26.4. The number of amides is 1. The molecule has 6 nitrogen and oxygen atoms in total. The number of hydrogen-bond donors (Lipinski definition) is 1. The summed E-state index contributed by atoms with van der Waals surface area (Å²) in [5.41, 5.74) is 4.50. The van der Waals surface area contributed by atoms with Crippen molar-refractivity contribution in [3.05, 3.63) is 100 Å². The molecule has 0 saturated carbocycles. The van der Waals surface area contributed by atoms with Gasteiger partial charge in [-0.2, -0.15) is 0 Å². The Bertz CT molecular complexity index is 1400. The Kier molecular flexibility index (Phi) is 8.36. The van der Waals surface area contributed by atoms with E-state index in [-0.39, 0.29) is 5.91 Å². The number of aromatic nitrogens is 1. The molecule has 3 heterocycles. The van der Waals surface area contributed by atoms with Crippen LogP contribution in [0.5, 0.6) is 0 Å². The first-order chi connectivity index (χ1) is 17.9. The lowest BCUT2D eigenvalue weighted by Gasteiger charge is -2.23. The third-order valence-corrected chi connectivity index (χ3v) is 7.34. The number of fused-ring (bicyclic) bond motifs is 3. The number of hydrogen-bond acceptors (Lipinski definition) is 5. The molecule has 0 bridgehead atoms. The number of benzene rings is 1. The molecule has 0 radical (unpaired) electrons. The van der Waals surface area contributed by atoms with Crippen LogP contribution in [0, 0.1) is 0 Å². The lowest BCUT2D eigenvalue weighted by molar-refractivity contribution is 0.0701. The zero-order valence-electron chi connectivity index (χ0n) is 21.2. The average molecular weight is 515 g/mol. The molecular formula is C30H30N2O4S. The predicted molar refractivity (Wildman–Crippen MR) is 149 cm³/mol. The van der Waals surface area contributed by atoms with Gasteiger partial charge in [-0.3, -0.25) is 4.79 Å². The second kappa shape index (κ2) is 11.8. The van der Waals surface area contributed by atoms with Crippen molar-refractivity contribution >= 4 is 34.5 Å². The summed E-state index contributed by atoms with van der Waals surface area (Å²) >= 11 is 1.25. The fraction of sp³-hybridized carbons (Fsp3) is 0.233. The Labute approximate surface area is 221 Å². The zero-order valence-corrected chi connectivity index (χ0v) is 22.0. The van der Waals surface area contributed by atoms with E-state index >= 15 is 0 Å². The molecule has 4 rings (SSSR count). The maximum Gasteiger partial charge on any atom is 0.345 e. The summed E-state index contributed by atoms with van der Waals surface area (Å²) in [4.78, 5) is 33.1. The van der Waals surface area contributed by atoms with Gasteiger partial charge in [-0.15, -0.1) is 11.3 Å². The number of ether oxygens (including phenoxy) is 1. The van der Waals surface area contributed by atoms with Crippen molar-refractivity contribution in [3.63, 3.8) is 0 Å². The fourth-order valence-corrected chi connectivity index (χ4v) is 5.23. The molecule has 0 fully saturated rings. The van der Waals surface area contributed by atoms with Crippen LogP contribution in [0.3, 0.4) is 0 Å². The Balaban J connectivity index is 1.71. The number of thiophene rings is 1. The first kappa shape index (κ1) is 26.1. The lowest BCUT2D eigenvalue weighted by Crippen LogP contribution is -2.33. The Morgan fingerprint density at radius 1 is 1.14 bits per heavy atom. The molecule has 7 heteroatoms. The molecule has 3 aromatic rings. The Morgan fingerprint density at radius 2 is 1.92 bits per heavy atom. The molecule has 1 amide bonds. The average Bonchev–Trinajstić information content (AvgIpc) is 3.29. The van der Waals surface area contributed by atoms with Crippen LogP contribution in [0.25, 0.3) is 16.0 Å². The summed E-state index contributed by atoms with van der Waals surface area (Å²) < 4.78 is 5.27. The highest BCUT2D eigenvalue weighted by Crippen LogP contribution is 2.41. The molecule has 0 spiro atoms. The minimum absolute atomic E-state index is 0.191. The number of aromatic carboxylic acids is 1. The lowest BCUT2D eigenvalue weighted by atomic mass is 10.1. The first-order valence-corrected chi connectivity index (χ1v) is 13.1. The maximum absolute atomic E-state index is 13.8. The van der Waals surface area contributed by atoms with Crippen molar-refractivity contribution in [2.45, 2.75) is 33.1 Å². The van der Waals surface area contributed by atoms with Gasteiger partial charge in [0.1, 0.15) is 10.6 Å². The topological polar surface area (TPSA) is 79.7 Å². The highest BCUT2D eigenvalue weighted by molar-refractivity contribution is 7.17. The van der Waals surface area contributed by atoms with Gasteiger partial charge in [-0.1, -0.05) is 49.8 Å². The van der Waals surface area contributed by atoms with E-state index in [0.29, 0.717) is 29.2 Å². The van der Waals surface area contributed by atoms with Crippen LogP contribution in [0.1, 0.15) is 58.1 Å². The maximum atomic E-state index is 13.8. The molecule has 0 atom stereocenters. The van der Waals surface area contributed by atoms with Gasteiger partial charge in [0.15, 0.2) is 0 Å². The largest absolute Gasteiger partial charge is 0.501 e. The number of allylic oxidation sites excluding steroid dienone is 6. The van der Waals surface area contributed by atoms with E-state index in [9.17, 15) is 14.7 Å². The molecule has 37 heavy (non-hydrogen) atoms. The third-order valence-electron chi connectivity index (χ3n) is 6.15. The van der Waals surface area contributed by atoms with Gasteiger partial charge in [-0.05, 0) is 67.3 Å². The number of anilines is 1. The number of carboxylic acid groups (broad SMARTS) is 1. The molecule has 0 aliphatic carbocycles. The van der Waals surface area contributed by atoms with Gasteiger partial charge in [0.2, 0.25) is 0 Å². The molecule has 1 N–H and O–H groups in total. The van der Waals surface area contributed by atoms with Crippen LogP contribution >= 0.6 is 11.3 Å². The van der Waals surface area contributed by atoms with Crippen molar-refractivity contribution < 1.29 is 19.4 Å². The highest BCUT2D eigenvalue weighted by atomic mass is 32.1. The van der Waals surface area contributed by atoms with Gasteiger partial charge in [0, 0.05) is 17.0 Å². The monoisotopic (exact) mass is 514 g/mol. The summed E-state index contributed by atoms with van der Waals surface area (Å²) in [5.74, 6) is -0.353. The number of para-hydroxylation sites is 1. The molecule has 1 aliphatic rings. The van der Waals surface area contributed by atoms with E-state index in [1.54, 1.807) is 24.1 Å². The standard InChI is InChI=1S/C30H30N2O4S/c1-4-5-6-10-21(16-15-20(2)36-3)24-12-9-13-25(31-24)29(33)32-18-17-22-19-27(30(34)35)37-28(22)23-11-7-8-14-26(23)32/h6-16,19H,4-5,17-18H2,1-3H3,(H,34,35)/b10-6+,20-15+,21-16+. The van der Waals surface area contributed by atoms with Crippen LogP contribution in [0.15, 0.2) is 78.6 Å². The SMILES string of the molecule is CCC/C=C/C(=C\C=C(/C)OC)c1cccc(C(=O)N2CCc3cc(C(=O)O)sc3-c3ccccc32)n1. The van der Waals surface area contributed by atoms with Crippen molar-refractivity contribution in [1.82, 2.24) is 4.98 Å². The van der Waals surface area contributed by atoms with Crippen molar-refractivity contribution in [2.24, 2.45) is 0 Å². The fourth-order valence-electron chi connectivity index (χ4n) is 4.14. The van der Waals surface area contributed by atoms with Crippen LogP contribution in [0.4, 0.5) is 5.69 Å². The molecule has 2 aromatic heterocycles. The Morgan fingerprint density at radius 3 is 2.68 bits per heavy atom. The van der Waals surface area contributed by atoms with Crippen molar-refractivity contribution in [3.8, 4) is 10.4 Å². The smallest absolute Gasteiger partial charge is 0.345 e. The third kappa shape index (κ3) is 5.89. The van der Waals surface area contributed by atoms with Gasteiger partial charge in [0.25, 0.3) is 5.91 Å². The first-order valence-electron chi connectivity index (χ1n) is 12.3. The van der Waals surface area contributed by atoms with E-state index in [1.807, 2.05) is 61.5 Å². The second-order valence-corrected chi connectivity index (χ2v) is 9.75. The van der Waals surface area contributed by atoms with Crippen LogP contribution in [-0.4, -0.2) is 35.6 Å². The van der Waals surface area contributed by atoms with Crippen LogP contribution < -0.4 is 4.90 Å². The van der Waals surface area contributed by atoms with Crippen LogP contribution in [-0.2, 0) is 11.2 Å². The van der Waals surface area contributed by atoms with E-state index in [4.69, 9.17) is 9.72 Å². The van der Waals surface area contributed by atoms with E-state index in [0.717, 1.165) is 45.9 Å². The van der Waals surface area contributed by atoms with Crippen molar-refractivity contribution in [2.75, 3.05) is 18.6 Å². The molecule has 1 aromatic carbocycles. The molecular weight excluding hydrogens is 484 g/mol.